The molecule has 1 fully saturated rings. The lowest BCUT2D eigenvalue weighted by Gasteiger charge is -2.21. The van der Waals surface area contributed by atoms with Crippen molar-refractivity contribution in [3.63, 3.8) is 0 Å². The van der Waals surface area contributed by atoms with Crippen molar-refractivity contribution in [2.24, 2.45) is 0 Å². The molecule has 0 bridgehead atoms. The van der Waals surface area contributed by atoms with E-state index < -0.39 is 17.9 Å². The fraction of sp³-hybridized carbons (Fsp3) is 0.286. The molecular weight excluding hydrogens is 432 g/mol. The van der Waals surface area contributed by atoms with Crippen LogP contribution in [0, 0.1) is 5.82 Å². The van der Waals surface area contributed by atoms with Gasteiger partial charge in [-0.1, -0.05) is 29.8 Å². The first kappa shape index (κ1) is 20.7. The molecule has 9 heteroatoms. The first-order valence-electron chi connectivity index (χ1n) is 9.40. The molecule has 1 aromatic heterocycles. The number of hydrogen-bond acceptors (Lipinski definition) is 4. The summed E-state index contributed by atoms with van der Waals surface area (Å²) in [5, 5.41) is 3.38. The maximum Gasteiger partial charge on any atom is 0.276 e. The molecule has 0 radical (unpaired) electrons. The number of likely N-dealkylation sites (tertiary alicyclic amines) is 1. The number of rotatable bonds is 4. The number of halogens is 3. The number of nitrogens with one attached hydrogen (secondary N) is 1. The smallest absolute Gasteiger partial charge is 0.276 e. The zero-order valence-corrected chi connectivity index (χ0v) is 17.6. The average molecular weight is 450 g/mol. The Hall–Kier alpha value is -2.58. The Kier molecular flexibility index (Phi) is 5.71. The van der Waals surface area contributed by atoms with Crippen molar-refractivity contribution < 1.29 is 18.4 Å². The molecule has 0 aliphatic carbocycles. The van der Waals surface area contributed by atoms with Gasteiger partial charge in [0.05, 0.1) is 28.4 Å². The number of alkyl halides is 1. The summed E-state index contributed by atoms with van der Waals surface area (Å²) in [7, 11) is 0. The van der Waals surface area contributed by atoms with E-state index in [0.29, 0.717) is 5.39 Å². The Morgan fingerprint density at radius 3 is 2.83 bits per heavy atom. The van der Waals surface area contributed by atoms with Crippen LogP contribution in [-0.4, -0.2) is 39.8 Å². The van der Waals surface area contributed by atoms with Gasteiger partial charge in [-0.05, 0) is 42.2 Å². The maximum absolute atomic E-state index is 14.6. The van der Waals surface area contributed by atoms with Crippen molar-refractivity contribution in [1.82, 2.24) is 9.27 Å². The van der Waals surface area contributed by atoms with Crippen LogP contribution in [0.2, 0.25) is 5.02 Å². The number of benzene rings is 2. The summed E-state index contributed by atoms with van der Waals surface area (Å²) in [4.78, 5) is 26.5. The maximum atomic E-state index is 14.6. The van der Waals surface area contributed by atoms with Crippen molar-refractivity contribution in [1.29, 1.82) is 0 Å². The predicted molar refractivity (Wildman–Crippen MR) is 113 cm³/mol. The lowest BCUT2D eigenvalue weighted by Crippen LogP contribution is -2.35. The first-order chi connectivity index (χ1) is 14.3. The van der Waals surface area contributed by atoms with Gasteiger partial charge in [0.2, 0.25) is 5.91 Å². The standard InChI is InChI=1S/C21H18ClF2N3O2S/c1-11-6-13(23)10-27(11)19(28)8-12-7-15(22)17(9-16(12)24)25-21(29)20-14-4-2-3-5-18(14)30-26-20/h2-5,7,9,11,13H,6,8,10H2,1H3,(H,25,29)/t11-,13+/m1/s1. The highest BCUT2D eigenvalue weighted by Gasteiger charge is 2.32. The molecule has 1 saturated heterocycles. The third kappa shape index (κ3) is 4.02. The number of carbonyl (C=O) groups excluding carboxylic acids is 2. The summed E-state index contributed by atoms with van der Waals surface area (Å²) in [6.45, 7) is 1.78. The molecule has 0 spiro atoms. The average Bonchev–Trinajstić information content (AvgIpc) is 3.28. The van der Waals surface area contributed by atoms with E-state index in [1.807, 2.05) is 12.1 Å². The van der Waals surface area contributed by atoms with E-state index in [4.69, 9.17) is 11.6 Å². The molecule has 2 atom stereocenters. The summed E-state index contributed by atoms with van der Waals surface area (Å²) < 4.78 is 33.2. The zero-order chi connectivity index (χ0) is 21.4. The molecule has 2 aromatic carbocycles. The van der Waals surface area contributed by atoms with Crippen molar-refractivity contribution in [2.75, 3.05) is 11.9 Å². The van der Waals surface area contributed by atoms with Gasteiger partial charge in [0.15, 0.2) is 0 Å². The van der Waals surface area contributed by atoms with Crippen molar-refractivity contribution in [3.05, 3.63) is 58.5 Å². The highest BCUT2D eigenvalue weighted by molar-refractivity contribution is 7.13. The number of nitrogens with zero attached hydrogens (tertiary/aromatic N) is 2. The van der Waals surface area contributed by atoms with Crippen molar-refractivity contribution in [2.45, 2.75) is 32.0 Å². The number of hydrogen-bond donors (Lipinski definition) is 1. The SMILES string of the molecule is C[C@@H]1C[C@H](F)CN1C(=O)Cc1cc(Cl)c(NC(=O)c2nsc3ccccc23)cc1F. The van der Waals surface area contributed by atoms with Gasteiger partial charge in [0.25, 0.3) is 5.91 Å². The molecular formula is C21H18ClF2N3O2S. The van der Waals surface area contributed by atoms with Crippen molar-refractivity contribution >= 4 is 50.7 Å². The van der Waals surface area contributed by atoms with E-state index in [-0.39, 0.29) is 53.3 Å². The van der Waals surface area contributed by atoms with Crippen LogP contribution in [0.25, 0.3) is 10.1 Å². The Bertz CT molecular complexity index is 1140. The van der Waals surface area contributed by atoms with Gasteiger partial charge < -0.3 is 10.2 Å². The van der Waals surface area contributed by atoms with Gasteiger partial charge in [-0.15, -0.1) is 0 Å². The van der Waals surface area contributed by atoms with E-state index >= 15 is 0 Å². The fourth-order valence-corrected chi connectivity index (χ4v) is 4.63. The Labute approximate surface area is 180 Å². The summed E-state index contributed by atoms with van der Waals surface area (Å²) in [5.41, 5.74) is 0.414. The molecule has 156 valence electrons. The minimum absolute atomic E-state index is 0.0189. The Morgan fingerprint density at radius 2 is 2.10 bits per heavy atom. The van der Waals surface area contributed by atoms with Crippen LogP contribution in [-0.2, 0) is 11.2 Å². The van der Waals surface area contributed by atoms with Crippen LogP contribution >= 0.6 is 23.1 Å². The normalized spacial score (nSPS) is 18.7. The largest absolute Gasteiger partial charge is 0.337 e. The van der Waals surface area contributed by atoms with E-state index in [2.05, 4.69) is 9.69 Å². The molecule has 0 unspecified atom stereocenters. The van der Waals surface area contributed by atoms with Gasteiger partial charge >= 0.3 is 0 Å². The summed E-state index contributed by atoms with van der Waals surface area (Å²) in [5.74, 6) is -1.53. The molecule has 5 nitrogen and oxygen atoms in total. The second kappa shape index (κ2) is 8.28. The Balaban J connectivity index is 1.51. The topological polar surface area (TPSA) is 62.3 Å². The van der Waals surface area contributed by atoms with E-state index in [0.717, 1.165) is 10.8 Å². The molecule has 1 aliphatic rings. The summed E-state index contributed by atoms with van der Waals surface area (Å²) in [6.07, 6.45) is -1.00. The number of amides is 2. The van der Waals surface area contributed by atoms with Gasteiger partial charge in [-0.3, -0.25) is 9.59 Å². The highest BCUT2D eigenvalue weighted by atomic mass is 35.5. The van der Waals surface area contributed by atoms with Crippen LogP contribution < -0.4 is 5.32 Å². The number of carbonyl (C=O) groups is 2. The summed E-state index contributed by atoms with van der Waals surface area (Å²) in [6, 6.07) is 9.47. The first-order valence-corrected chi connectivity index (χ1v) is 10.6. The minimum Gasteiger partial charge on any atom is -0.337 e. The second-order valence-corrected chi connectivity index (χ2v) is 8.52. The van der Waals surface area contributed by atoms with Crippen LogP contribution in [0.1, 0.15) is 29.4 Å². The van der Waals surface area contributed by atoms with Crippen molar-refractivity contribution in [3.8, 4) is 0 Å². The zero-order valence-electron chi connectivity index (χ0n) is 16.0. The number of aromatic nitrogens is 1. The molecule has 1 aliphatic heterocycles. The van der Waals surface area contributed by atoms with Crippen LogP contribution in [0.15, 0.2) is 36.4 Å². The van der Waals surface area contributed by atoms with E-state index in [1.165, 1.54) is 22.5 Å². The van der Waals surface area contributed by atoms with E-state index in [1.54, 1.807) is 19.1 Å². The molecule has 0 saturated carbocycles. The molecule has 4 rings (SSSR count). The third-order valence-electron chi connectivity index (χ3n) is 5.16. The van der Waals surface area contributed by atoms with Gasteiger partial charge in [0, 0.05) is 17.8 Å². The molecule has 1 N–H and O–H groups in total. The minimum atomic E-state index is -1.06. The fourth-order valence-electron chi connectivity index (χ4n) is 3.63. The number of anilines is 1. The highest BCUT2D eigenvalue weighted by Crippen LogP contribution is 2.29. The summed E-state index contributed by atoms with van der Waals surface area (Å²) >= 11 is 7.43. The lowest BCUT2D eigenvalue weighted by molar-refractivity contribution is -0.131. The molecule has 3 aromatic rings. The lowest BCUT2D eigenvalue weighted by atomic mass is 10.1. The molecule has 2 amide bonds. The van der Waals surface area contributed by atoms with Gasteiger partial charge in [-0.2, -0.15) is 4.37 Å². The molecule has 2 heterocycles. The second-order valence-electron chi connectivity index (χ2n) is 7.31. The number of fused-ring (bicyclic) bond motifs is 1. The van der Waals surface area contributed by atoms with Crippen LogP contribution in [0.5, 0.6) is 0 Å². The van der Waals surface area contributed by atoms with Gasteiger partial charge in [-0.25, -0.2) is 8.78 Å². The van der Waals surface area contributed by atoms with Crippen LogP contribution in [0.3, 0.4) is 0 Å². The Morgan fingerprint density at radius 1 is 1.33 bits per heavy atom. The van der Waals surface area contributed by atoms with Crippen LogP contribution in [0.4, 0.5) is 14.5 Å². The van der Waals surface area contributed by atoms with E-state index in [9.17, 15) is 18.4 Å². The predicted octanol–water partition coefficient (Wildman–Crippen LogP) is 4.84. The monoisotopic (exact) mass is 449 g/mol. The third-order valence-corrected chi connectivity index (χ3v) is 6.30. The quantitative estimate of drug-likeness (QED) is 0.619. The van der Waals surface area contributed by atoms with Gasteiger partial charge in [0.1, 0.15) is 17.7 Å². The molecule has 30 heavy (non-hydrogen) atoms.